The molecule has 0 bridgehead atoms. The molecule has 0 radical (unpaired) electrons. The summed E-state index contributed by atoms with van der Waals surface area (Å²) in [6.07, 6.45) is 2.28. The molecule has 1 heteroatoms. The summed E-state index contributed by atoms with van der Waals surface area (Å²) >= 11 is 0. The van der Waals surface area contributed by atoms with Gasteiger partial charge in [-0.3, -0.25) is 0 Å². The summed E-state index contributed by atoms with van der Waals surface area (Å²) < 4.78 is 0. The van der Waals surface area contributed by atoms with Crippen LogP contribution in [-0.2, 0) is 6.42 Å². The Labute approximate surface area is 110 Å². The molecular weight excluding hydrogens is 218 g/mol. The highest BCUT2D eigenvalue weighted by atomic mass is 15.1. The van der Waals surface area contributed by atoms with Gasteiger partial charge in [-0.1, -0.05) is 60.7 Å². The third-order valence-corrected chi connectivity index (χ3v) is 3.36. The van der Waals surface area contributed by atoms with E-state index in [2.05, 4.69) is 79.7 Å². The molecule has 2 rings (SSSR count). The fourth-order valence-corrected chi connectivity index (χ4v) is 2.35. The fraction of sp³-hybridized carbons (Fsp3) is 0.294. The molecule has 0 heterocycles. The van der Waals surface area contributed by atoms with Crippen molar-refractivity contribution in [2.75, 3.05) is 14.1 Å². The highest BCUT2D eigenvalue weighted by Gasteiger charge is 2.13. The van der Waals surface area contributed by atoms with Crippen LogP contribution in [-0.4, -0.2) is 19.0 Å². The molecule has 0 unspecified atom stereocenters. The number of benzene rings is 2. The molecule has 0 fully saturated rings. The number of hydrogen-bond acceptors (Lipinski definition) is 1. The molecule has 94 valence electrons. The summed E-state index contributed by atoms with van der Waals surface area (Å²) in [7, 11) is 4.31. The predicted molar refractivity (Wildman–Crippen MR) is 77.6 cm³/mol. The van der Waals surface area contributed by atoms with Crippen molar-refractivity contribution in [3.63, 3.8) is 0 Å². The van der Waals surface area contributed by atoms with Gasteiger partial charge in [0.1, 0.15) is 0 Å². The Bertz CT molecular complexity index is 448. The van der Waals surface area contributed by atoms with Crippen molar-refractivity contribution in [2.24, 2.45) is 0 Å². The first kappa shape index (κ1) is 12.8. The molecule has 0 saturated carbocycles. The van der Waals surface area contributed by atoms with Crippen molar-refractivity contribution in [3.05, 3.63) is 71.8 Å². The van der Waals surface area contributed by atoms with E-state index in [1.165, 1.54) is 11.1 Å². The highest BCUT2D eigenvalue weighted by Crippen LogP contribution is 2.23. The number of rotatable bonds is 5. The monoisotopic (exact) mass is 239 g/mol. The lowest BCUT2D eigenvalue weighted by atomic mass is 9.98. The van der Waals surface area contributed by atoms with Crippen LogP contribution >= 0.6 is 0 Å². The van der Waals surface area contributed by atoms with Crippen LogP contribution in [0.25, 0.3) is 0 Å². The summed E-state index contributed by atoms with van der Waals surface area (Å²) in [6, 6.07) is 22.0. The molecule has 0 aliphatic carbocycles. The van der Waals surface area contributed by atoms with E-state index < -0.39 is 0 Å². The van der Waals surface area contributed by atoms with Gasteiger partial charge in [-0.15, -0.1) is 0 Å². The number of nitrogens with zero attached hydrogens (tertiary/aromatic N) is 1. The lowest BCUT2D eigenvalue weighted by Gasteiger charge is -2.24. The Hall–Kier alpha value is -1.60. The fourth-order valence-electron chi connectivity index (χ4n) is 2.35. The van der Waals surface area contributed by atoms with E-state index in [-0.39, 0.29) is 0 Å². The zero-order valence-corrected chi connectivity index (χ0v) is 11.2. The van der Waals surface area contributed by atoms with Crippen molar-refractivity contribution in [2.45, 2.75) is 18.9 Å². The summed E-state index contributed by atoms with van der Waals surface area (Å²) in [4.78, 5) is 2.30. The van der Waals surface area contributed by atoms with Gasteiger partial charge in [0, 0.05) is 6.04 Å². The summed E-state index contributed by atoms with van der Waals surface area (Å²) in [5.41, 5.74) is 2.82. The minimum absolute atomic E-state index is 0.492. The molecule has 1 nitrogen and oxygen atoms in total. The van der Waals surface area contributed by atoms with Crippen LogP contribution in [0.5, 0.6) is 0 Å². The molecule has 1 atom stereocenters. The second-order valence-corrected chi connectivity index (χ2v) is 4.91. The van der Waals surface area contributed by atoms with E-state index in [9.17, 15) is 0 Å². The smallest absolute Gasteiger partial charge is 0.0345 e. The molecule has 2 aromatic carbocycles. The maximum absolute atomic E-state index is 2.30. The van der Waals surface area contributed by atoms with Crippen LogP contribution in [0.4, 0.5) is 0 Å². The number of hydrogen-bond donors (Lipinski definition) is 0. The third kappa shape index (κ3) is 3.44. The summed E-state index contributed by atoms with van der Waals surface area (Å²) in [5, 5.41) is 0. The Balaban J connectivity index is 2.04. The third-order valence-electron chi connectivity index (χ3n) is 3.36. The van der Waals surface area contributed by atoms with Crippen LogP contribution < -0.4 is 0 Å². The molecular formula is C17H21N. The molecule has 0 aromatic heterocycles. The quantitative estimate of drug-likeness (QED) is 0.764. The Morgan fingerprint density at radius 3 is 1.94 bits per heavy atom. The van der Waals surface area contributed by atoms with Crippen molar-refractivity contribution in [1.82, 2.24) is 4.90 Å². The van der Waals surface area contributed by atoms with E-state index >= 15 is 0 Å². The van der Waals surface area contributed by atoms with Gasteiger partial charge in [0.2, 0.25) is 0 Å². The largest absolute Gasteiger partial charge is 0.302 e. The Kier molecular flexibility index (Phi) is 4.54. The Morgan fingerprint density at radius 2 is 1.39 bits per heavy atom. The van der Waals surface area contributed by atoms with Crippen LogP contribution in [0, 0.1) is 0 Å². The lowest BCUT2D eigenvalue weighted by Crippen LogP contribution is -2.20. The predicted octanol–water partition coefficient (Wildman–Crippen LogP) is 3.92. The normalized spacial score (nSPS) is 12.6. The summed E-state index contributed by atoms with van der Waals surface area (Å²) in [6.45, 7) is 0. The second kappa shape index (κ2) is 6.36. The van der Waals surface area contributed by atoms with Crippen LogP contribution in [0.3, 0.4) is 0 Å². The van der Waals surface area contributed by atoms with Gasteiger partial charge in [-0.25, -0.2) is 0 Å². The maximum atomic E-state index is 2.30. The first-order valence-electron chi connectivity index (χ1n) is 6.52. The first-order valence-corrected chi connectivity index (χ1v) is 6.52. The van der Waals surface area contributed by atoms with Crippen molar-refractivity contribution in [3.8, 4) is 0 Å². The zero-order valence-electron chi connectivity index (χ0n) is 11.2. The average molecular weight is 239 g/mol. The minimum Gasteiger partial charge on any atom is -0.302 e. The highest BCUT2D eigenvalue weighted by molar-refractivity contribution is 5.20. The molecule has 0 aliphatic heterocycles. The second-order valence-electron chi connectivity index (χ2n) is 4.91. The van der Waals surface area contributed by atoms with Gasteiger partial charge in [0.15, 0.2) is 0 Å². The van der Waals surface area contributed by atoms with Gasteiger partial charge in [-0.2, -0.15) is 0 Å². The topological polar surface area (TPSA) is 3.24 Å². The van der Waals surface area contributed by atoms with E-state index in [0.717, 1.165) is 12.8 Å². The van der Waals surface area contributed by atoms with Gasteiger partial charge in [0.05, 0.1) is 0 Å². The molecule has 0 saturated heterocycles. The van der Waals surface area contributed by atoms with Gasteiger partial charge >= 0.3 is 0 Å². The van der Waals surface area contributed by atoms with Crippen LogP contribution in [0.15, 0.2) is 60.7 Å². The molecule has 0 spiro atoms. The molecule has 2 aromatic rings. The standard InChI is InChI=1S/C17H21N/c1-18(2)17(16-11-7-4-8-12-16)14-13-15-9-5-3-6-10-15/h3-12,17H,13-14H2,1-2H3/t17-/m0/s1. The van der Waals surface area contributed by atoms with E-state index in [1.54, 1.807) is 0 Å². The minimum atomic E-state index is 0.492. The van der Waals surface area contributed by atoms with Gasteiger partial charge in [0.25, 0.3) is 0 Å². The van der Waals surface area contributed by atoms with E-state index in [0.29, 0.717) is 6.04 Å². The van der Waals surface area contributed by atoms with Crippen molar-refractivity contribution in [1.29, 1.82) is 0 Å². The maximum Gasteiger partial charge on any atom is 0.0345 e. The van der Waals surface area contributed by atoms with Crippen molar-refractivity contribution >= 4 is 0 Å². The van der Waals surface area contributed by atoms with Crippen molar-refractivity contribution < 1.29 is 0 Å². The average Bonchev–Trinajstić information content (AvgIpc) is 2.41. The summed E-state index contributed by atoms with van der Waals surface area (Å²) in [5.74, 6) is 0. The Morgan fingerprint density at radius 1 is 0.833 bits per heavy atom. The van der Waals surface area contributed by atoms with E-state index in [1.807, 2.05) is 0 Å². The van der Waals surface area contributed by atoms with Crippen LogP contribution in [0.2, 0.25) is 0 Å². The molecule has 0 N–H and O–H groups in total. The molecule has 0 amide bonds. The molecule has 18 heavy (non-hydrogen) atoms. The van der Waals surface area contributed by atoms with Gasteiger partial charge in [-0.05, 0) is 38.1 Å². The first-order chi connectivity index (χ1) is 8.77. The zero-order chi connectivity index (χ0) is 12.8. The molecule has 0 aliphatic rings. The lowest BCUT2D eigenvalue weighted by molar-refractivity contribution is 0.284. The number of aryl methyl sites for hydroxylation is 1. The van der Waals surface area contributed by atoms with E-state index in [4.69, 9.17) is 0 Å². The van der Waals surface area contributed by atoms with Crippen LogP contribution in [0.1, 0.15) is 23.6 Å². The SMILES string of the molecule is CN(C)[C@@H](CCc1ccccc1)c1ccccc1. The van der Waals surface area contributed by atoms with Gasteiger partial charge < -0.3 is 4.90 Å².